The minimum Gasteiger partial charge on any atom is -0.468 e. The van der Waals surface area contributed by atoms with Gasteiger partial charge in [-0.3, -0.25) is 28.9 Å². The minimum atomic E-state index is -1.40. The van der Waals surface area contributed by atoms with Crippen molar-refractivity contribution in [3.8, 4) is 0 Å². The monoisotopic (exact) mass is 423 g/mol. The molecule has 1 aliphatic heterocycles. The van der Waals surface area contributed by atoms with Crippen molar-refractivity contribution in [2.75, 3.05) is 14.2 Å². The Morgan fingerprint density at radius 2 is 1.29 bits per heavy atom. The number of carbonyl (C=O) groups excluding carboxylic acids is 5. The zero-order valence-electron chi connectivity index (χ0n) is 17.1. The smallest absolute Gasteiger partial charge is 0.320 e. The van der Waals surface area contributed by atoms with Gasteiger partial charge in [-0.2, -0.15) is 0 Å². The summed E-state index contributed by atoms with van der Waals surface area (Å²) in [4.78, 5) is 64.2. The van der Waals surface area contributed by atoms with Gasteiger partial charge >= 0.3 is 11.9 Å². The first-order chi connectivity index (χ1) is 14.9. The van der Waals surface area contributed by atoms with Crippen LogP contribution >= 0.6 is 0 Å². The van der Waals surface area contributed by atoms with Crippen LogP contribution in [0.4, 0.5) is 0 Å². The molecule has 0 fully saturated rings. The largest absolute Gasteiger partial charge is 0.468 e. The SMILES string of the molecule is COC(=O)C(CC(CC(=O)c1ccccc1)N1C(=O)c2ccccc2C1=O)C(=O)OC. The number of amides is 2. The lowest BCUT2D eigenvalue weighted by molar-refractivity contribution is -0.159. The van der Waals surface area contributed by atoms with E-state index in [0.29, 0.717) is 5.56 Å². The van der Waals surface area contributed by atoms with Gasteiger partial charge in [0.1, 0.15) is 0 Å². The van der Waals surface area contributed by atoms with E-state index in [1.54, 1.807) is 42.5 Å². The molecule has 1 aliphatic rings. The number of ketones is 1. The molecule has 1 unspecified atom stereocenters. The topological polar surface area (TPSA) is 107 Å². The van der Waals surface area contributed by atoms with Crippen LogP contribution in [0.3, 0.4) is 0 Å². The van der Waals surface area contributed by atoms with Gasteiger partial charge < -0.3 is 9.47 Å². The summed E-state index contributed by atoms with van der Waals surface area (Å²) < 4.78 is 9.38. The Morgan fingerprint density at radius 3 is 1.77 bits per heavy atom. The van der Waals surface area contributed by atoms with Gasteiger partial charge in [0.25, 0.3) is 11.8 Å². The van der Waals surface area contributed by atoms with Gasteiger partial charge in [-0.15, -0.1) is 0 Å². The first-order valence-corrected chi connectivity index (χ1v) is 9.59. The lowest BCUT2D eigenvalue weighted by atomic mass is 9.93. The molecule has 2 amide bonds. The molecule has 0 N–H and O–H groups in total. The third-order valence-corrected chi connectivity index (χ3v) is 5.19. The second-order valence-corrected chi connectivity index (χ2v) is 7.01. The molecular weight excluding hydrogens is 402 g/mol. The van der Waals surface area contributed by atoms with Crippen molar-refractivity contribution in [3.05, 3.63) is 71.3 Å². The van der Waals surface area contributed by atoms with Crippen LogP contribution in [0.2, 0.25) is 0 Å². The predicted molar refractivity (Wildman–Crippen MR) is 108 cm³/mol. The zero-order chi connectivity index (χ0) is 22.5. The van der Waals surface area contributed by atoms with Gasteiger partial charge in [-0.25, -0.2) is 0 Å². The highest BCUT2D eigenvalue weighted by molar-refractivity contribution is 6.21. The Kier molecular flexibility index (Phi) is 6.59. The number of hydrogen-bond acceptors (Lipinski definition) is 7. The molecule has 8 heteroatoms. The molecule has 2 aromatic rings. The van der Waals surface area contributed by atoms with Crippen molar-refractivity contribution in [2.45, 2.75) is 18.9 Å². The van der Waals surface area contributed by atoms with Crippen molar-refractivity contribution in [1.29, 1.82) is 0 Å². The van der Waals surface area contributed by atoms with Crippen LogP contribution in [0.25, 0.3) is 0 Å². The molecule has 0 saturated carbocycles. The molecule has 1 heterocycles. The quantitative estimate of drug-likeness (QED) is 0.277. The van der Waals surface area contributed by atoms with Crippen LogP contribution in [-0.2, 0) is 19.1 Å². The fourth-order valence-corrected chi connectivity index (χ4v) is 3.62. The van der Waals surface area contributed by atoms with E-state index < -0.39 is 35.7 Å². The fraction of sp³-hybridized carbons (Fsp3) is 0.261. The summed E-state index contributed by atoms with van der Waals surface area (Å²) in [6.07, 6.45) is -0.566. The Labute approximate surface area is 178 Å². The number of Topliss-reactive ketones (excluding diaryl/α,β-unsaturated/α-hetero) is 1. The average molecular weight is 423 g/mol. The minimum absolute atomic E-state index is 0.206. The molecule has 0 radical (unpaired) electrons. The van der Waals surface area contributed by atoms with E-state index in [-0.39, 0.29) is 29.8 Å². The van der Waals surface area contributed by atoms with Crippen molar-refractivity contribution in [1.82, 2.24) is 4.90 Å². The summed E-state index contributed by atoms with van der Waals surface area (Å²) >= 11 is 0. The second-order valence-electron chi connectivity index (χ2n) is 7.01. The summed E-state index contributed by atoms with van der Waals surface area (Å²) in [7, 11) is 2.23. The van der Waals surface area contributed by atoms with Gasteiger partial charge in [0, 0.05) is 18.0 Å². The van der Waals surface area contributed by atoms with Gasteiger partial charge in [0.05, 0.1) is 25.3 Å². The maximum Gasteiger partial charge on any atom is 0.320 e. The first kappa shape index (κ1) is 21.9. The van der Waals surface area contributed by atoms with E-state index >= 15 is 0 Å². The first-order valence-electron chi connectivity index (χ1n) is 9.59. The number of imide groups is 1. The van der Waals surface area contributed by atoms with Crippen LogP contribution in [0.15, 0.2) is 54.6 Å². The lowest BCUT2D eigenvalue weighted by Crippen LogP contribution is -2.44. The number of nitrogens with zero attached hydrogens (tertiary/aromatic N) is 1. The van der Waals surface area contributed by atoms with E-state index in [4.69, 9.17) is 9.47 Å². The van der Waals surface area contributed by atoms with Crippen molar-refractivity contribution >= 4 is 29.5 Å². The summed E-state index contributed by atoms with van der Waals surface area (Å²) in [5.41, 5.74) is 0.798. The molecule has 0 saturated heterocycles. The molecular formula is C23H21NO7. The van der Waals surface area contributed by atoms with Crippen LogP contribution in [0.1, 0.15) is 43.9 Å². The molecule has 160 valence electrons. The highest BCUT2D eigenvalue weighted by Crippen LogP contribution is 2.29. The molecule has 1 atom stereocenters. The van der Waals surface area contributed by atoms with Gasteiger partial charge in [-0.1, -0.05) is 42.5 Å². The van der Waals surface area contributed by atoms with Crippen LogP contribution in [-0.4, -0.2) is 54.7 Å². The van der Waals surface area contributed by atoms with E-state index in [9.17, 15) is 24.0 Å². The summed E-state index contributed by atoms with van der Waals surface area (Å²) in [6, 6.07) is 13.6. The summed E-state index contributed by atoms with van der Waals surface area (Å²) in [5.74, 6) is -4.65. The number of hydrogen-bond donors (Lipinski definition) is 0. The second kappa shape index (κ2) is 9.34. The number of fused-ring (bicyclic) bond motifs is 1. The summed E-state index contributed by atoms with van der Waals surface area (Å²) in [6.45, 7) is 0. The normalized spacial score (nSPS) is 13.7. The molecule has 8 nitrogen and oxygen atoms in total. The Balaban J connectivity index is 1.97. The number of methoxy groups -OCH3 is 2. The predicted octanol–water partition coefficient (Wildman–Crippen LogP) is 2.28. The van der Waals surface area contributed by atoms with E-state index in [2.05, 4.69) is 0 Å². The number of rotatable bonds is 8. The van der Waals surface area contributed by atoms with E-state index in [0.717, 1.165) is 19.1 Å². The number of ether oxygens (including phenoxy) is 2. The summed E-state index contributed by atoms with van der Waals surface area (Å²) in [5, 5.41) is 0. The van der Waals surface area contributed by atoms with Crippen molar-refractivity contribution in [3.63, 3.8) is 0 Å². The van der Waals surface area contributed by atoms with Crippen molar-refractivity contribution in [2.24, 2.45) is 5.92 Å². The number of benzene rings is 2. The third-order valence-electron chi connectivity index (χ3n) is 5.19. The van der Waals surface area contributed by atoms with Crippen LogP contribution < -0.4 is 0 Å². The van der Waals surface area contributed by atoms with Gasteiger partial charge in [0.15, 0.2) is 11.7 Å². The van der Waals surface area contributed by atoms with E-state index in [1.165, 1.54) is 12.1 Å². The Bertz CT molecular complexity index is 980. The maximum atomic E-state index is 13.0. The molecule has 0 bridgehead atoms. The highest BCUT2D eigenvalue weighted by atomic mass is 16.5. The Morgan fingerprint density at radius 1 is 0.806 bits per heavy atom. The highest BCUT2D eigenvalue weighted by Gasteiger charge is 2.43. The van der Waals surface area contributed by atoms with Gasteiger partial charge in [0.2, 0.25) is 0 Å². The van der Waals surface area contributed by atoms with Crippen LogP contribution in [0, 0.1) is 5.92 Å². The third kappa shape index (κ3) is 4.37. The number of esters is 2. The van der Waals surface area contributed by atoms with Crippen LogP contribution in [0.5, 0.6) is 0 Å². The average Bonchev–Trinajstić information content (AvgIpc) is 3.06. The molecule has 2 aromatic carbocycles. The van der Waals surface area contributed by atoms with Crippen molar-refractivity contribution < 1.29 is 33.4 Å². The molecule has 3 rings (SSSR count). The molecule has 0 aliphatic carbocycles. The molecule has 31 heavy (non-hydrogen) atoms. The van der Waals surface area contributed by atoms with E-state index in [1.807, 2.05) is 0 Å². The fourth-order valence-electron chi connectivity index (χ4n) is 3.62. The number of carbonyl (C=O) groups is 5. The Hall–Kier alpha value is -3.81. The molecule has 0 aromatic heterocycles. The standard InChI is InChI=1S/C23H21NO7/c1-30-22(28)18(23(29)31-2)12-15(13-19(25)14-8-4-3-5-9-14)24-20(26)16-10-6-7-11-17(16)21(24)27/h3-11,15,18H,12-13H2,1-2H3. The lowest BCUT2D eigenvalue weighted by Gasteiger charge is -2.28. The molecule has 0 spiro atoms. The maximum absolute atomic E-state index is 13.0. The van der Waals surface area contributed by atoms with Gasteiger partial charge in [-0.05, 0) is 18.6 Å². The zero-order valence-corrected chi connectivity index (χ0v) is 17.1.